The van der Waals surface area contributed by atoms with Gasteiger partial charge in [-0.05, 0) is 23.0 Å². The second-order valence-corrected chi connectivity index (χ2v) is 6.62. The van der Waals surface area contributed by atoms with Gasteiger partial charge in [0.05, 0.1) is 0 Å². The van der Waals surface area contributed by atoms with Gasteiger partial charge >= 0.3 is 0 Å². The third-order valence-electron chi connectivity index (χ3n) is 4.62. The van der Waals surface area contributed by atoms with Crippen LogP contribution in [0.1, 0.15) is 59.1 Å². The Kier molecular flexibility index (Phi) is 6.86. The molecule has 0 amide bonds. The van der Waals surface area contributed by atoms with Crippen molar-refractivity contribution in [1.82, 2.24) is 4.90 Å². The van der Waals surface area contributed by atoms with Gasteiger partial charge in [-0.2, -0.15) is 0 Å². The second kappa shape index (κ2) is 7.93. The predicted molar refractivity (Wildman–Crippen MR) is 90.4 cm³/mol. The van der Waals surface area contributed by atoms with E-state index in [0.29, 0.717) is 6.54 Å². The maximum Gasteiger partial charge on any atom is 0.116 e. The lowest BCUT2D eigenvalue weighted by Gasteiger charge is -2.24. The maximum absolute atomic E-state index is 13.5. The van der Waals surface area contributed by atoms with Crippen LogP contribution in [0.5, 0.6) is 0 Å². The van der Waals surface area contributed by atoms with Crippen molar-refractivity contribution >= 4 is 0 Å². The first-order chi connectivity index (χ1) is 9.92. The molecule has 1 aliphatic rings. The molecule has 1 aliphatic heterocycles. The van der Waals surface area contributed by atoms with E-state index >= 15 is 0 Å². The summed E-state index contributed by atoms with van der Waals surface area (Å²) in [6.45, 7) is 15.1. The molecule has 1 heterocycles. The molecule has 2 heteroatoms. The average molecular weight is 293 g/mol. The number of rotatable bonds is 4. The van der Waals surface area contributed by atoms with Gasteiger partial charge in [-0.1, -0.05) is 65.8 Å². The molecule has 0 N–H and O–H groups in total. The van der Waals surface area contributed by atoms with Gasteiger partial charge in [0.25, 0.3) is 0 Å². The van der Waals surface area contributed by atoms with Gasteiger partial charge in [0, 0.05) is 25.6 Å². The van der Waals surface area contributed by atoms with Crippen molar-refractivity contribution in [2.24, 2.45) is 5.92 Å². The molecule has 0 aromatic heterocycles. The second-order valence-electron chi connectivity index (χ2n) is 6.62. The minimum Gasteiger partial charge on any atom is -0.296 e. The Hall–Kier alpha value is -0.890. The van der Waals surface area contributed by atoms with Gasteiger partial charge in [-0.15, -0.1) is 0 Å². The Morgan fingerprint density at radius 1 is 1.14 bits per heavy atom. The van der Waals surface area contributed by atoms with Gasteiger partial charge in [0.15, 0.2) is 0 Å². The SMILES string of the molecule is CC.CCC(C)(C)c1ccc(CN2CC(C)C(F)C2)cc1. The zero-order valence-electron chi connectivity index (χ0n) is 14.6. The van der Waals surface area contributed by atoms with Crippen LogP contribution in [-0.4, -0.2) is 24.2 Å². The normalized spacial score (nSPS) is 22.8. The van der Waals surface area contributed by atoms with E-state index in [1.165, 1.54) is 11.1 Å². The molecule has 0 spiro atoms. The molecule has 2 atom stereocenters. The predicted octanol–water partition coefficient (Wildman–Crippen LogP) is 5.19. The summed E-state index contributed by atoms with van der Waals surface area (Å²) in [5.74, 6) is 0.179. The number of halogens is 1. The van der Waals surface area contributed by atoms with Crippen molar-refractivity contribution in [2.45, 2.75) is 66.1 Å². The fraction of sp³-hybridized carbons (Fsp3) is 0.684. The molecule has 2 unspecified atom stereocenters. The van der Waals surface area contributed by atoms with E-state index in [9.17, 15) is 4.39 Å². The number of alkyl halides is 1. The lowest BCUT2D eigenvalue weighted by Crippen LogP contribution is -2.21. The van der Waals surface area contributed by atoms with Crippen molar-refractivity contribution in [2.75, 3.05) is 13.1 Å². The highest BCUT2D eigenvalue weighted by Crippen LogP contribution is 2.27. The summed E-state index contributed by atoms with van der Waals surface area (Å²) in [6.07, 6.45) is 0.484. The molecule has 21 heavy (non-hydrogen) atoms. The molecule has 1 nitrogen and oxygen atoms in total. The van der Waals surface area contributed by atoms with Crippen molar-refractivity contribution < 1.29 is 4.39 Å². The molecule has 0 radical (unpaired) electrons. The quantitative estimate of drug-likeness (QED) is 0.738. The van der Waals surface area contributed by atoms with Crippen molar-refractivity contribution in [1.29, 1.82) is 0 Å². The summed E-state index contributed by atoms with van der Waals surface area (Å²) < 4.78 is 13.5. The summed E-state index contributed by atoms with van der Waals surface area (Å²) in [5.41, 5.74) is 2.92. The number of hydrogen-bond acceptors (Lipinski definition) is 1. The topological polar surface area (TPSA) is 3.24 Å². The monoisotopic (exact) mass is 293 g/mol. The molecule has 2 rings (SSSR count). The third-order valence-corrected chi connectivity index (χ3v) is 4.62. The van der Waals surface area contributed by atoms with Crippen molar-refractivity contribution in [3.05, 3.63) is 35.4 Å². The number of nitrogens with zero attached hydrogens (tertiary/aromatic N) is 1. The van der Waals surface area contributed by atoms with Gasteiger partial charge in [0.1, 0.15) is 6.17 Å². The maximum atomic E-state index is 13.5. The van der Waals surface area contributed by atoms with Crippen LogP contribution in [0.3, 0.4) is 0 Å². The Morgan fingerprint density at radius 3 is 2.14 bits per heavy atom. The van der Waals surface area contributed by atoms with Gasteiger partial charge in [-0.25, -0.2) is 4.39 Å². The first-order valence-electron chi connectivity index (χ1n) is 8.38. The molecule has 1 fully saturated rings. The van der Waals surface area contributed by atoms with Gasteiger partial charge < -0.3 is 0 Å². The smallest absolute Gasteiger partial charge is 0.116 e. The van der Waals surface area contributed by atoms with Crippen LogP contribution < -0.4 is 0 Å². The zero-order valence-corrected chi connectivity index (χ0v) is 14.6. The summed E-state index contributed by atoms with van der Waals surface area (Å²) in [4.78, 5) is 2.22. The summed E-state index contributed by atoms with van der Waals surface area (Å²) in [7, 11) is 0. The van der Waals surface area contributed by atoms with Crippen LogP contribution in [0.15, 0.2) is 24.3 Å². The number of hydrogen-bond donors (Lipinski definition) is 0. The first kappa shape index (κ1) is 18.2. The zero-order chi connectivity index (χ0) is 16.0. The number of benzene rings is 1. The highest BCUT2D eigenvalue weighted by molar-refractivity contribution is 5.28. The fourth-order valence-corrected chi connectivity index (χ4v) is 2.68. The highest BCUT2D eigenvalue weighted by Gasteiger charge is 2.29. The Bertz CT molecular complexity index is 400. The number of likely N-dealkylation sites (tertiary alicyclic amines) is 1. The molecule has 1 aromatic carbocycles. The Balaban J connectivity index is 0.00000106. The van der Waals surface area contributed by atoms with Crippen LogP contribution in [-0.2, 0) is 12.0 Å². The molecule has 0 aliphatic carbocycles. The van der Waals surface area contributed by atoms with E-state index in [-0.39, 0.29) is 11.3 Å². The Morgan fingerprint density at radius 2 is 1.71 bits per heavy atom. The summed E-state index contributed by atoms with van der Waals surface area (Å²) in [6, 6.07) is 8.85. The molecular formula is C19H32FN. The summed E-state index contributed by atoms with van der Waals surface area (Å²) >= 11 is 0. The van der Waals surface area contributed by atoms with Crippen LogP contribution >= 0.6 is 0 Å². The van der Waals surface area contributed by atoms with E-state index in [1.54, 1.807) is 0 Å². The molecule has 1 aromatic rings. The molecular weight excluding hydrogens is 261 g/mol. The van der Waals surface area contributed by atoms with E-state index in [1.807, 2.05) is 20.8 Å². The first-order valence-corrected chi connectivity index (χ1v) is 8.38. The van der Waals surface area contributed by atoms with E-state index in [0.717, 1.165) is 19.5 Å². The van der Waals surface area contributed by atoms with Crippen LogP contribution in [0.2, 0.25) is 0 Å². The minimum atomic E-state index is -0.654. The van der Waals surface area contributed by atoms with Crippen molar-refractivity contribution in [3.63, 3.8) is 0 Å². The van der Waals surface area contributed by atoms with Crippen LogP contribution in [0.4, 0.5) is 4.39 Å². The average Bonchev–Trinajstić information content (AvgIpc) is 2.80. The standard InChI is InChI=1S/C17H26FN.C2H6/c1-5-17(3,4)15-8-6-14(7-9-15)11-19-10-13(2)16(18)12-19;1-2/h6-9,13,16H,5,10-12H2,1-4H3;1-2H3. The third kappa shape index (κ3) is 4.81. The van der Waals surface area contributed by atoms with Crippen molar-refractivity contribution in [3.8, 4) is 0 Å². The molecule has 120 valence electrons. The molecule has 0 saturated carbocycles. The van der Waals surface area contributed by atoms with Crippen LogP contribution in [0, 0.1) is 5.92 Å². The molecule has 1 saturated heterocycles. The highest BCUT2D eigenvalue weighted by atomic mass is 19.1. The van der Waals surface area contributed by atoms with E-state index in [4.69, 9.17) is 0 Å². The lowest BCUT2D eigenvalue weighted by molar-refractivity contribution is 0.274. The van der Waals surface area contributed by atoms with E-state index in [2.05, 4.69) is 49.9 Å². The lowest BCUT2D eigenvalue weighted by atomic mass is 9.82. The fourth-order valence-electron chi connectivity index (χ4n) is 2.68. The summed E-state index contributed by atoms with van der Waals surface area (Å²) in [5, 5.41) is 0. The minimum absolute atomic E-state index is 0.179. The van der Waals surface area contributed by atoms with Crippen LogP contribution in [0.25, 0.3) is 0 Å². The van der Waals surface area contributed by atoms with Gasteiger partial charge in [-0.3, -0.25) is 4.90 Å². The largest absolute Gasteiger partial charge is 0.296 e. The molecule has 0 bridgehead atoms. The Labute approximate surface area is 130 Å². The van der Waals surface area contributed by atoms with Gasteiger partial charge in [0.2, 0.25) is 0 Å². The van der Waals surface area contributed by atoms with E-state index < -0.39 is 6.17 Å².